The van der Waals surface area contributed by atoms with Crippen molar-refractivity contribution in [1.82, 2.24) is 9.97 Å². The van der Waals surface area contributed by atoms with Crippen LogP contribution >= 0.6 is 27.5 Å². The monoisotopic (exact) mass is 352 g/mol. The molecule has 20 heavy (non-hydrogen) atoms. The molecule has 0 spiro atoms. The third kappa shape index (κ3) is 2.81. The molecule has 1 heterocycles. The lowest BCUT2D eigenvalue weighted by Crippen LogP contribution is -2.12. The second-order valence-electron chi connectivity index (χ2n) is 5.13. The molecule has 0 aliphatic heterocycles. The molecule has 3 nitrogen and oxygen atoms in total. The minimum absolute atomic E-state index is 0.101. The number of rotatable bonds is 2. The highest BCUT2D eigenvalue weighted by Crippen LogP contribution is 2.33. The quantitative estimate of drug-likeness (QED) is 0.863. The van der Waals surface area contributed by atoms with Crippen LogP contribution in [0.15, 0.2) is 33.5 Å². The van der Waals surface area contributed by atoms with E-state index < -0.39 is 0 Å². The van der Waals surface area contributed by atoms with Gasteiger partial charge in [0.25, 0.3) is 5.56 Å². The number of halogens is 2. The summed E-state index contributed by atoms with van der Waals surface area (Å²) in [6.45, 7) is 0. The molecule has 1 aromatic carbocycles. The van der Waals surface area contributed by atoms with Gasteiger partial charge in [0.15, 0.2) is 0 Å². The van der Waals surface area contributed by atoms with Gasteiger partial charge in [-0.1, -0.05) is 30.5 Å². The molecule has 1 N–H and O–H groups in total. The lowest BCUT2D eigenvalue weighted by atomic mass is 10.0. The van der Waals surface area contributed by atoms with Gasteiger partial charge >= 0.3 is 0 Å². The first-order chi connectivity index (χ1) is 9.63. The van der Waals surface area contributed by atoms with Crippen molar-refractivity contribution in [2.24, 2.45) is 0 Å². The largest absolute Gasteiger partial charge is 0.307 e. The van der Waals surface area contributed by atoms with Crippen LogP contribution in [0.1, 0.15) is 37.3 Å². The Morgan fingerprint density at radius 1 is 1.25 bits per heavy atom. The van der Waals surface area contributed by atoms with Gasteiger partial charge in [0.2, 0.25) is 0 Å². The number of aromatic amines is 1. The summed E-state index contributed by atoms with van der Waals surface area (Å²) < 4.78 is 0.831. The number of hydrogen-bond acceptors (Lipinski definition) is 2. The third-order valence-electron chi connectivity index (χ3n) is 3.73. The summed E-state index contributed by atoms with van der Waals surface area (Å²) >= 11 is 9.46. The van der Waals surface area contributed by atoms with Crippen molar-refractivity contribution in [3.63, 3.8) is 0 Å². The van der Waals surface area contributed by atoms with E-state index in [2.05, 4.69) is 25.9 Å². The van der Waals surface area contributed by atoms with Crippen LogP contribution in [0.4, 0.5) is 0 Å². The van der Waals surface area contributed by atoms with Crippen LogP contribution in [-0.4, -0.2) is 9.97 Å². The maximum absolute atomic E-state index is 11.9. The summed E-state index contributed by atoms with van der Waals surface area (Å²) in [6, 6.07) is 7.19. The predicted molar refractivity (Wildman–Crippen MR) is 84.2 cm³/mol. The number of nitrogens with one attached hydrogen (secondary N) is 1. The fourth-order valence-corrected chi connectivity index (χ4v) is 3.11. The zero-order valence-corrected chi connectivity index (χ0v) is 13.2. The van der Waals surface area contributed by atoms with Gasteiger partial charge in [-0.3, -0.25) is 4.79 Å². The maximum Gasteiger partial charge on any atom is 0.251 e. The maximum atomic E-state index is 11.9. The van der Waals surface area contributed by atoms with Gasteiger partial charge in [0.1, 0.15) is 5.82 Å². The number of benzene rings is 1. The zero-order valence-electron chi connectivity index (χ0n) is 10.8. The number of H-pyrrole nitrogens is 1. The summed E-state index contributed by atoms with van der Waals surface area (Å²) in [6.07, 6.45) is 4.69. The molecule has 1 fully saturated rings. The first-order valence-electron chi connectivity index (χ1n) is 6.70. The van der Waals surface area contributed by atoms with Gasteiger partial charge in [0, 0.05) is 22.0 Å². The molecule has 1 saturated carbocycles. The van der Waals surface area contributed by atoms with E-state index in [0.717, 1.165) is 28.6 Å². The van der Waals surface area contributed by atoms with Crippen LogP contribution in [0.5, 0.6) is 0 Å². The predicted octanol–water partition coefficient (Wildman–Crippen LogP) is 4.51. The van der Waals surface area contributed by atoms with Crippen molar-refractivity contribution in [2.75, 3.05) is 0 Å². The van der Waals surface area contributed by atoms with E-state index in [1.54, 1.807) is 6.07 Å². The summed E-state index contributed by atoms with van der Waals surface area (Å²) in [5.41, 5.74) is 1.63. The van der Waals surface area contributed by atoms with Gasteiger partial charge in [-0.05, 0) is 40.9 Å². The van der Waals surface area contributed by atoms with Crippen LogP contribution < -0.4 is 5.56 Å². The van der Waals surface area contributed by atoms with E-state index in [-0.39, 0.29) is 5.56 Å². The van der Waals surface area contributed by atoms with Crippen LogP contribution in [-0.2, 0) is 0 Å². The second-order valence-corrected chi connectivity index (χ2v) is 6.39. The van der Waals surface area contributed by atoms with E-state index in [0.29, 0.717) is 16.8 Å². The van der Waals surface area contributed by atoms with E-state index in [1.165, 1.54) is 12.8 Å². The molecule has 3 rings (SSSR count). The molecule has 0 saturated heterocycles. The smallest absolute Gasteiger partial charge is 0.251 e. The molecule has 0 radical (unpaired) electrons. The molecule has 0 amide bonds. The Morgan fingerprint density at radius 2 is 2.00 bits per heavy atom. The Kier molecular flexibility index (Phi) is 3.94. The first-order valence-corrected chi connectivity index (χ1v) is 7.87. The lowest BCUT2D eigenvalue weighted by Gasteiger charge is -2.10. The Hall–Kier alpha value is -1.13. The summed E-state index contributed by atoms with van der Waals surface area (Å²) in [5, 5.41) is 0.608. The molecule has 2 aromatic rings. The Labute approximate surface area is 130 Å². The van der Waals surface area contributed by atoms with Crippen molar-refractivity contribution < 1.29 is 0 Å². The van der Waals surface area contributed by atoms with Crippen molar-refractivity contribution in [3.8, 4) is 11.4 Å². The summed E-state index contributed by atoms with van der Waals surface area (Å²) in [5.74, 6) is 1.01. The Balaban J connectivity index is 2.04. The molecule has 0 atom stereocenters. The van der Waals surface area contributed by atoms with Gasteiger partial charge in [-0.15, -0.1) is 0 Å². The lowest BCUT2D eigenvalue weighted by molar-refractivity contribution is 0.693. The molecule has 1 aliphatic rings. The Morgan fingerprint density at radius 3 is 2.70 bits per heavy atom. The van der Waals surface area contributed by atoms with E-state index in [1.807, 2.05) is 18.2 Å². The highest BCUT2D eigenvalue weighted by atomic mass is 79.9. The van der Waals surface area contributed by atoms with Gasteiger partial charge < -0.3 is 4.98 Å². The molecule has 0 unspecified atom stereocenters. The average molecular weight is 354 g/mol. The molecule has 104 valence electrons. The van der Waals surface area contributed by atoms with Crippen molar-refractivity contribution in [2.45, 2.75) is 31.6 Å². The van der Waals surface area contributed by atoms with Gasteiger partial charge in [-0.25, -0.2) is 4.98 Å². The molecular formula is C15H14BrClN2O. The highest BCUT2D eigenvalue weighted by Gasteiger charge is 2.19. The topological polar surface area (TPSA) is 45.8 Å². The second kappa shape index (κ2) is 5.70. The number of aromatic nitrogens is 2. The van der Waals surface area contributed by atoms with Crippen LogP contribution in [0.25, 0.3) is 11.4 Å². The van der Waals surface area contributed by atoms with Crippen molar-refractivity contribution >= 4 is 27.5 Å². The first kappa shape index (κ1) is 13.8. The minimum Gasteiger partial charge on any atom is -0.307 e. The van der Waals surface area contributed by atoms with E-state index in [4.69, 9.17) is 11.6 Å². The SMILES string of the molecule is O=c1cc(C2CCCC2)nc(-c2ccc(Br)c(Cl)c2)[nH]1. The summed E-state index contributed by atoms with van der Waals surface area (Å²) in [4.78, 5) is 19.3. The molecule has 5 heteroatoms. The van der Waals surface area contributed by atoms with Crippen molar-refractivity contribution in [3.05, 3.63) is 49.8 Å². The fraction of sp³-hybridized carbons (Fsp3) is 0.333. The molecular weight excluding hydrogens is 340 g/mol. The Bertz CT molecular complexity index is 693. The average Bonchev–Trinajstić information content (AvgIpc) is 2.95. The highest BCUT2D eigenvalue weighted by molar-refractivity contribution is 9.10. The van der Waals surface area contributed by atoms with E-state index >= 15 is 0 Å². The van der Waals surface area contributed by atoms with Gasteiger partial charge in [-0.2, -0.15) is 0 Å². The molecule has 1 aromatic heterocycles. The van der Waals surface area contributed by atoms with Crippen molar-refractivity contribution in [1.29, 1.82) is 0 Å². The van der Waals surface area contributed by atoms with Crippen LogP contribution in [0.2, 0.25) is 5.02 Å². The van der Waals surface area contributed by atoms with Crippen LogP contribution in [0.3, 0.4) is 0 Å². The zero-order chi connectivity index (χ0) is 14.1. The summed E-state index contributed by atoms with van der Waals surface area (Å²) in [7, 11) is 0. The molecule has 0 bridgehead atoms. The third-order valence-corrected chi connectivity index (χ3v) is 4.96. The standard InChI is InChI=1S/C15H14BrClN2O/c16-11-6-5-10(7-12(11)17)15-18-13(8-14(20)19-15)9-3-1-2-4-9/h5-9H,1-4H2,(H,18,19,20). The fourth-order valence-electron chi connectivity index (χ4n) is 2.69. The normalized spacial score (nSPS) is 15.7. The van der Waals surface area contributed by atoms with Crippen LogP contribution in [0, 0.1) is 0 Å². The number of nitrogens with zero attached hydrogens (tertiary/aromatic N) is 1. The van der Waals surface area contributed by atoms with E-state index in [9.17, 15) is 4.79 Å². The minimum atomic E-state index is -0.101. The number of hydrogen-bond donors (Lipinski definition) is 1. The molecule has 1 aliphatic carbocycles. The van der Waals surface area contributed by atoms with Gasteiger partial charge in [0.05, 0.1) is 10.7 Å².